The Morgan fingerprint density at radius 3 is 2.65 bits per heavy atom. The predicted octanol–water partition coefficient (Wildman–Crippen LogP) is 4.52. The zero-order chi connectivity index (χ0) is 14.7. The molecule has 0 atom stereocenters. The number of hydrogen-bond donors (Lipinski definition) is 1. The van der Waals surface area contributed by atoms with Crippen LogP contribution < -0.4 is 5.32 Å². The van der Waals surface area contributed by atoms with Gasteiger partial charge in [0.05, 0.1) is 20.7 Å². The first-order valence-corrected chi connectivity index (χ1v) is 6.18. The van der Waals surface area contributed by atoms with Crippen molar-refractivity contribution >= 4 is 40.3 Å². The lowest BCUT2D eigenvalue weighted by Gasteiger charge is -2.09. The van der Waals surface area contributed by atoms with E-state index in [0.29, 0.717) is 21.4 Å². The predicted molar refractivity (Wildman–Crippen MR) is 77.6 cm³/mol. The van der Waals surface area contributed by atoms with E-state index in [2.05, 4.69) is 5.32 Å². The van der Waals surface area contributed by atoms with Gasteiger partial charge in [0.1, 0.15) is 11.6 Å². The van der Waals surface area contributed by atoms with Crippen molar-refractivity contribution in [1.29, 1.82) is 5.26 Å². The number of halogens is 2. The van der Waals surface area contributed by atoms with Crippen molar-refractivity contribution in [1.82, 2.24) is 0 Å². The van der Waals surface area contributed by atoms with Crippen molar-refractivity contribution in [3.05, 3.63) is 62.1 Å². The molecule has 0 unspecified atom stereocenters. The second-order valence-electron chi connectivity index (χ2n) is 3.83. The third-order valence-corrected chi connectivity index (χ3v) is 3.36. The highest BCUT2D eigenvalue weighted by molar-refractivity contribution is 6.43. The van der Waals surface area contributed by atoms with Crippen molar-refractivity contribution in [2.75, 3.05) is 5.32 Å². The summed E-state index contributed by atoms with van der Waals surface area (Å²) in [6, 6.07) is 11.0. The molecule has 100 valence electrons. The minimum Gasteiger partial charge on any atom is -0.354 e. The Balaban J connectivity index is 2.40. The summed E-state index contributed by atoms with van der Waals surface area (Å²) in [7, 11) is 0. The van der Waals surface area contributed by atoms with Crippen LogP contribution in [0, 0.1) is 21.4 Å². The zero-order valence-corrected chi connectivity index (χ0v) is 11.4. The first-order valence-electron chi connectivity index (χ1n) is 5.42. The summed E-state index contributed by atoms with van der Waals surface area (Å²) in [5, 5.41) is 23.3. The molecule has 0 aromatic heterocycles. The van der Waals surface area contributed by atoms with Gasteiger partial charge in [-0.2, -0.15) is 5.26 Å². The summed E-state index contributed by atoms with van der Waals surface area (Å²) in [4.78, 5) is 10.3. The molecule has 0 saturated heterocycles. The number of benzene rings is 2. The van der Waals surface area contributed by atoms with Gasteiger partial charge in [-0.3, -0.25) is 10.1 Å². The summed E-state index contributed by atoms with van der Waals surface area (Å²) < 4.78 is 0. The van der Waals surface area contributed by atoms with E-state index in [0.717, 1.165) is 0 Å². The number of rotatable bonds is 3. The van der Waals surface area contributed by atoms with E-state index in [1.54, 1.807) is 30.3 Å². The van der Waals surface area contributed by atoms with Gasteiger partial charge in [-0.1, -0.05) is 29.3 Å². The molecule has 0 aliphatic heterocycles. The van der Waals surface area contributed by atoms with Gasteiger partial charge in [0.15, 0.2) is 0 Å². The Morgan fingerprint density at radius 1 is 1.25 bits per heavy atom. The maximum absolute atomic E-state index is 10.9. The fourth-order valence-corrected chi connectivity index (χ4v) is 1.96. The molecule has 0 bridgehead atoms. The molecule has 0 aliphatic carbocycles. The van der Waals surface area contributed by atoms with Gasteiger partial charge in [-0.05, 0) is 24.3 Å². The molecule has 0 aliphatic rings. The van der Waals surface area contributed by atoms with Crippen molar-refractivity contribution in [3.8, 4) is 6.07 Å². The molecule has 5 nitrogen and oxygen atoms in total. The van der Waals surface area contributed by atoms with E-state index in [9.17, 15) is 10.1 Å². The van der Waals surface area contributed by atoms with Gasteiger partial charge < -0.3 is 5.32 Å². The Kier molecular flexibility index (Phi) is 4.08. The molecule has 1 N–H and O–H groups in total. The summed E-state index contributed by atoms with van der Waals surface area (Å²) in [6.45, 7) is 0. The Hall–Kier alpha value is -2.29. The second kappa shape index (κ2) is 5.78. The number of nitrogens with zero attached hydrogens (tertiary/aromatic N) is 2. The number of nitrogens with one attached hydrogen (secondary N) is 1. The van der Waals surface area contributed by atoms with Crippen LogP contribution >= 0.6 is 23.2 Å². The molecular formula is C13H7Cl2N3O2. The summed E-state index contributed by atoms with van der Waals surface area (Å²) in [5.74, 6) is 0. The first-order chi connectivity index (χ1) is 9.52. The first kappa shape index (κ1) is 14.1. The largest absolute Gasteiger partial charge is 0.354 e. The zero-order valence-electron chi connectivity index (χ0n) is 9.93. The Bertz CT molecular complexity index is 726. The molecule has 2 rings (SSSR count). The van der Waals surface area contributed by atoms with E-state index in [-0.39, 0.29) is 11.3 Å². The summed E-state index contributed by atoms with van der Waals surface area (Å²) in [5.41, 5.74) is 0.700. The van der Waals surface area contributed by atoms with Crippen LogP contribution in [0.3, 0.4) is 0 Å². The molecule has 0 radical (unpaired) electrons. The van der Waals surface area contributed by atoms with Crippen LogP contribution in [-0.2, 0) is 0 Å². The maximum atomic E-state index is 10.9. The highest BCUT2D eigenvalue weighted by Gasteiger charge is 2.14. The lowest BCUT2D eigenvalue weighted by atomic mass is 10.1. The van der Waals surface area contributed by atoms with Gasteiger partial charge in [0.2, 0.25) is 0 Å². The third kappa shape index (κ3) is 2.82. The number of nitro benzene ring substituents is 1. The highest BCUT2D eigenvalue weighted by Crippen LogP contribution is 2.33. The fourth-order valence-electron chi connectivity index (χ4n) is 1.61. The van der Waals surface area contributed by atoms with E-state index < -0.39 is 4.92 Å². The lowest BCUT2D eigenvalue weighted by molar-refractivity contribution is -0.385. The standard InChI is InChI=1S/C13H7Cl2N3O2/c14-10-2-1-3-11(13(10)15)17-9-5-4-8(7-16)12(6-9)18(19)20/h1-6,17H. The van der Waals surface area contributed by atoms with Crippen LogP contribution in [0.2, 0.25) is 10.0 Å². The maximum Gasteiger partial charge on any atom is 0.289 e. The van der Waals surface area contributed by atoms with Crippen molar-refractivity contribution in [2.24, 2.45) is 0 Å². The molecule has 7 heteroatoms. The fraction of sp³-hybridized carbons (Fsp3) is 0. The molecule has 20 heavy (non-hydrogen) atoms. The van der Waals surface area contributed by atoms with Crippen molar-refractivity contribution < 1.29 is 4.92 Å². The van der Waals surface area contributed by atoms with Crippen LogP contribution in [0.5, 0.6) is 0 Å². The van der Waals surface area contributed by atoms with Gasteiger partial charge in [-0.15, -0.1) is 0 Å². The monoisotopic (exact) mass is 307 g/mol. The van der Waals surface area contributed by atoms with Crippen molar-refractivity contribution in [2.45, 2.75) is 0 Å². The lowest BCUT2D eigenvalue weighted by Crippen LogP contribution is -1.96. The molecule has 0 saturated carbocycles. The smallest absolute Gasteiger partial charge is 0.289 e. The van der Waals surface area contributed by atoms with Crippen LogP contribution in [0.1, 0.15) is 5.56 Å². The average molecular weight is 308 g/mol. The normalized spacial score (nSPS) is 9.85. The second-order valence-corrected chi connectivity index (χ2v) is 4.61. The number of nitriles is 1. The third-order valence-electron chi connectivity index (χ3n) is 2.55. The van der Waals surface area contributed by atoms with Gasteiger partial charge in [0, 0.05) is 11.8 Å². The van der Waals surface area contributed by atoms with E-state index in [4.69, 9.17) is 28.5 Å². The summed E-state index contributed by atoms with van der Waals surface area (Å²) in [6.07, 6.45) is 0. The van der Waals surface area contributed by atoms with Gasteiger partial charge in [-0.25, -0.2) is 0 Å². The highest BCUT2D eigenvalue weighted by atomic mass is 35.5. The van der Waals surface area contributed by atoms with Crippen LogP contribution in [-0.4, -0.2) is 4.92 Å². The molecule has 0 fully saturated rings. The number of hydrogen-bond acceptors (Lipinski definition) is 4. The van der Waals surface area contributed by atoms with E-state index in [1.165, 1.54) is 12.1 Å². The molecule has 2 aromatic carbocycles. The molecule has 0 spiro atoms. The van der Waals surface area contributed by atoms with Crippen LogP contribution in [0.25, 0.3) is 0 Å². The van der Waals surface area contributed by atoms with Crippen LogP contribution in [0.4, 0.5) is 17.1 Å². The van der Waals surface area contributed by atoms with Crippen molar-refractivity contribution in [3.63, 3.8) is 0 Å². The van der Waals surface area contributed by atoms with E-state index >= 15 is 0 Å². The Morgan fingerprint density at radius 2 is 2.00 bits per heavy atom. The molecule has 2 aromatic rings. The number of anilines is 2. The SMILES string of the molecule is N#Cc1ccc(Nc2cccc(Cl)c2Cl)cc1[N+](=O)[O-]. The molecular weight excluding hydrogens is 301 g/mol. The summed E-state index contributed by atoms with van der Waals surface area (Å²) >= 11 is 11.9. The minimum atomic E-state index is -0.608. The van der Waals surface area contributed by atoms with Gasteiger partial charge in [0.25, 0.3) is 5.69 Å². The minimum absolute atomic E-state index is 0.00209. The quantitative estimate of drug-likeness (QED) is 0.668. The molecule has 0 heterocycles. The Labute approximate surface area is 124 Å². The number of nitro groups is 1. The topological polar surface area (TPSA) is 79.0 Å². The average Bonchev–Trinajstić information content (AvgIpc) is 2.43. The molecule has 0 amide bonds. The van der Waals surface area contributed by atoms with Crippen LogP contribution in [0.15, 0.2) is 36.4 Å². The van der Waals surface area contributed by atoms with Gasteiger partial charge >= 0.3 is 0 Å². The van der Waals surface area contributed by atoms with E-state index in [1.807, 2.05) is 0 Å².